The lowest BCUT2D eigenvalue weighted by molar-refractivity contribution is -0.141. The Morgan fingerprint density at radius 1 is 1.35 bits per heavy atom. The molecular formula is C13H12BrF3N2S. The maximum absolute atomic E-state index is 12.9. The van der Waals surface area contributed by atoms with Crippen molar-refractivity contribution >= 4 is 27.3 Å². The second kappa shape index (κ2) is 6.24. The van der Waals surface area contributed by atoms with E-state index in [1.54, 1.807) is 7.05 Å². The van der Waals surface area contributed by atoms with E-state index in [9.17, 15) is 13.2 Å². The number of nitrogens with zero attached hydrogens (tertiary/aromatic N) is 1. The molecule has 0 spiro atoms. The summed E-state index contributed by atoms with van der Waals surface area (Å²) >= 11 is 4.45. The molecule has 7 heteroatoms. The van der Waals surface area contributed by atoms with Crippen molar-refractivity contribution in [1.29, 1.82) is 0 Å². The molecule has 0 aliphatic rings. The summed E-state index contributed by atoms with van der Waals surface area (Å²) < 4.78 is 39.6. The molecule has 0 atom stereocenters. The van der Waals surface area contributed by atoms with Crippen molar-refractivity contribution in [2.45, 2.75) is 19.1 Å². The van der Waals surface area contributed by atoms with Crippen LogP contribution < -0.4 is 5.32 Å². The van der Waals surface area contributed by atoms with Gasteiger partial charge in [0.2, 0.25) is 0 Å². The molecule has 0 fully saturated rings. The van der Waals surface area contributed by atoms with Crippen molar-refractivity contribution < 1.29 is 13.2 Å². The van der Waals surface area contributed by atoms with E-state index in [1.807, 2.05) is 24.3 Å². The van der Waals surface area contributed by atoms with Gasteiger partial charge in [-0.15, -0.1) is 11.3 Å². The summed E-state index contributed by atoms with van der Waals surface area (Å²) in [7, 11) is 1.62. The zero-order valence-corrected chi connectivity index (χ0v) is 13.0. The third-order valence-electron chi connectivity index (χ3n) is 2.59. The van der Waals surface area contributed by atoms with Gasteiger partial charge in [-0.25, -0.2) is 4.98 Å². The van der Waals surface area contributed by atoms with Crippen LogP contribution in [0.4, 0.5) is 13.2 Å². The van der Waals surface area contributed by atoms with Crippen LogP contribution in [0.15, 0.2) is 28.7 Å². The van der Waals surface area contributed by atoms with Gasteiger partial charge in [-0.3, -0.25) is 0 Å². The van der Waals surface area contributed by atoms with Gasteiger partial charge in [-0.1, -0.05) is 28.1 Å². The predicted octanol–water partition coefficient (Wildman–Crippen LogP) is 4.23. The fourth-order valence-electron chi connectivity index (χ4n) is 1.80. The number of alkyl halides is 3. The Labute approximate surface area is 127 Å². The smallest absolute Gasteiger partial charge is 0.315 e. The SMILES string of the molecule is CNCc1sc(Cc2cccc(Br)c2)nc1C(F)(F)F. The number of aromatic nitrogens is 1. The van der Waals surface area contributed by atoms with Gasteiger partial charge in [0.1, 0.15) is 0 Å². The Morgan fingerprint density at radius 3 is 2.70 bits per heavy atom. The summed E-state index contributed by atoms with van der Waals surface area (Å²) in [5.74, 6) is 0. The Balaban J connectivity index is 2.29. The lowest BCUT2D eigenvalue weighted by Crippen LogP contribution is -2.12. The van der Waals surface area contributed by atoms with Gasteiger partial charge >= 0.3 is 6.18 Å². The van der Waals surface area contributed by atoms with E-state index >= 15 is 0 Å². The monoisotopic (exact) mass is 364 g/mol. The molecule has 2 rings (SSSR count). The minimum atomic E-state index is -4.40. The van der Waals surface area contributed by atoms with Crippen LogP contribution in [-0.2, 0) is 19.1 Å². The average molecular weight is 365 g/mol. The largest absolute Gasteiger partial charge is 0.434 e. The fourth-order valence-corrected chi connectivity index (χ4v) is 3.38. The van der Waals surface area contributed by atoms with Crippen LogP contribution in [0.5, 0.6) is 0 Å². The fraction of sp³-hybridized carbons (Fsp3) is 0.308. The zero-order chi connectivity index (χ0) is 14.8. The first-order valence-electron chi connectivity index (χ1n) is 5.85. The third kappa shape index (κ3) is 3.80. The highest BCUT2D eigenvalue weighted by Gasteiger charge is 2.37. The van der Waals surface area contributed by atoms with Crippen LogP contribution in [0.25, 0.3) is 0 Å². The standard InChI is InChI=1S/C13H12BrF3N2S/c1-18-7-10-12(13(15,16)17)19-11(20-10)6-8-3-2-4-9(14)5-8/h2-5,18H,6-7H2,1H3. The van der Waals surface area contributed by atoms with Crippen molar-refractivity contribution in [1.82, 2.24) is 10.3 Å². The van der Waals surface area contributed by atoms with Gasteiger partial charge in [-0.05, 0) is 24.7 Å². The van der Waals surface area contributed by atoms with E-state index in [4.69, 9.17) is 0 Å². The molecule has 2 aromatic rings. The maximum Gasteiger partial charge on any atom is 0.434 e. The quantitative estimate of drug-likeness (QED) is 0.877. The Morgan fingerprint density at radius 2 is 2.10 bits per heavy atom. The first-order valence-corrected chi connectivity index (χ1v) is 7.46. The number of hydrogen-bond acceptors (Lipinski definition) is 3. The van der Waals surface area contributed by atoms with E-state index in [2.05, 4.69) is 26.2 Å². The second-order valence-corrected chi connectivity index (χ2v) is 6.30. The lowest BCUT2D eigenvalue weighted by atomic mass is 10.2. The third-order valence-corrected chi connectivity index (χ3v) is 4.14. The predicted molar refractivity (Wildman–Crippen MR) is 76.8 cm³/mol. The summed E-state index contributed by atoms with van der Waals surface area (Å²) in [6.45, 7) is 0.172. The topological polar surface area (TPSA) is 24.9 Å². The summed E-state index contributed by atoms with van der Waals surface area (Å²) in [4.78, 5) is 3.99. The highest BCUT2D eigenvalue weighted by molar-refractivity contribution is 9.10. The van der Waals surface area contributed by atoms with Crippen LogP contribution >= 0.6 is 27.3 Å². The van der Waals surface area contributed by atoms with Crippen molar-refractivity contribution in [2.24, 2.45) is 0 Å². The zero-order valence-electron chi connectivity index (χ0n) is 10.6. The first kappa shape index (κ1) is 15.5. The Hall–Kier alpha value is -0.920. The number of nitrogens with one attached hydrogen (secondary N) is 1. The number of hydrogen-bond donors (Lipinski definition) is 1. The molecule has 1 heterocycles. The molecule has 0 radical (unpaired) electrons. The Bertz CT molecular complexity index is 596. The summed E-state index contributed by atoms with van der Waals surface area (Å²) in [5, 5.41) is 3.22. The van der Waals surface area contributed by atoms with Crippen molar-refractivity contribution in [3.63, 3.8) is 0 Å². The van der Waals surface area contributed by atoms with E-state index < -0.39 is 11.9 Å². The number of thiazole rings is 1. The molecule has 0 saturated heterocycles. The minimum absolute atomic E-state index is 0.172. The molecule has 0 saturated carbocycles. The molecule has 1 aromatic carbocycles. The van der Waals surface area contributed by atoms with Crippen molar-refractivity contribution in [3.8, 4) is 0 Å². The summed E-state index contributed by atoms with van der Waals surface area (Å²) in [5.41, 5.74) is 0.153. The van der Waals surface area contributed by atoms with Crippen LogP contribution in [0, 0.1) is 0 Å². The lowest BCUT2D eigenvalue weighted by Gasteiger charge is -2.04. The van der Waals surface area contributed by atoms with Crippen molar-refractivity contribution in [2.75, 3.05) is 7.05 Å². The van der Waals surface area contributed by atoms with Crippen LogP contribution in [0.2, 0.25) is 0 Å². The molecule has 20 heavy (non-hydrogen) atoms. The maximum atomic E-state index is 12.9. The highest BCUT2D eigenvalue weighted by atomic mass is 79.9. The van der Waals surface area contributed by atoms with E-state index in [0.29, 0.717) is 11.4 Å². The van der Waals surface area contributed by atoms with E-state index in [-0.39, 0.29) is 11.4 Å². The number of rotatable bonds is 4. The molecule has 1 N–H and O–H groups in total. The molecule has 2 nitrogen and oxygen atoms in total. The first-order chi connectivity index (χ1) is 9.40. The van der Waals surface area contributed by atoms with E-state index in [0.717, 1.165) is 21.4 Å². The summed E-state index contributed by atoms with van der Waals surface area (Å²) in [6.07, 6.45) is -4.00. The van der Waals surface area contributed by atoms with Crippen LogP contribution in [-0.4, -0.2) is 12.0 Å². The van der Waals surface area contributed by atoms with Crippen molar-refractivity contribution in [3.05, 3.63) is 49.9 Å². The van der Waals surface area contributed by atoms with Gasteiger partial charge in [0, 0.05) is 17.4 Å². The average Bonchev–Trinajstić information content (AvgIpc) is 2.72. The van der Waals surface area contributed by atoms with Crippen LogP contribution in [0.1, 0.15) is 21.1 Å². The minimum Gasteiger partial charge on any atom is -0.315 e. The summed E-state index contributed by atoms with van der Waals surface area (Å²) in [6, 6.07) is 7.48. The number of halogens is 4. The van der Waals surface area contributed by atoms with Crippen LogP contribution in [0.3, 0.4) is 0 Å². The molecule has 0 amide bonds. The second-order valence-electron chi connectivity index (χ2n) is 4.21. The van der Waals surface area contributed by atoms with Gasteiger partial charge in [0.15, 0.2) is 5.69 Å². The molecule has 0 aliphatic heterocycles. The molecular weight excluding hydrogens is 353 g/mol. The molecule has 0 unspecified atom stereocenters. The van der Waals surface area contributed by atoms with Gasteiger partial charge in [0.05, 0.1) is 9.88 Å². The van der Waals surface area contributed by atoms with E-state index in [1.165, 1.54) is 0 Å². The Kier molecular flexibility index (Phi) is 4.82. The van der Waals surface area contributed by atoms with Gasteiger partial charge in [0.25, 0.3) is 0 Å². The highest BCUT2D eigenvalue weighted by Crippen LogP contribution is 2.35. The van der Waals surface area contributed by atoms with Gasteiger partial charge < -0.3 is 5.32 Å². The number of benzene rings is 1. The molecule has 1 aromatic heterocycles. The van der Waals surface area contributed by atoms with Gasteiger partial charge in [-0.2, -0.15) is 13.2 Å². The normalized spacial score (nSPS) is 11.8. The molecule has 0 bridgehead atoms. The molecule has 0 aliphatic carbocycles. The molecule has 108 valence electrons.